The Bertz CT molecular complexity index is 1570. The fourth-order valence-electron chi connectivity index (χ4n) is 4.61. The molecular weight excluding hydrogens is 709 g/mol. The lowest BCUT2D eigenvalue weighted by Gasteiger charge is -2.42. The Balaban J connectivity index is 1.86. The highest BCUT2D eigenvalue weighted by molar-refractivity contribution is 9.08. The van der Waals surface area contributed by atoms with Crippen molar-refractivity contribution < 1.29 is 30.0 Å². The summed E-state index contributed by atoms with van der Waals surface area (Å²) in [5, 5.41) is 0.648. The maximum Gasteiger partial charge on any atom is 0.416 e. The van der Waals surface area contributed by atoms with Gasteiger partial charge in [0.1, 0.15) is 0 Å². The molecule has 1 aliphatic heterocycles. The molecule has 1 unspecified atom stereocenters. The Kier molecular flexibility index (Phi) is 9.09. The number of rotatable bonds is 7. The second-order valence-electron chi connectivity index (χ2n) is 8.80. The summed E-state index contributed by atoms with van der Waals surface area (Å²) in [5.41, 5.74) is 1.10. The molecule has 1 saturated heterocycles. The second kappa shape index (κ2) is 11.7. The molecule has 14 heteroatoms. The molecule has 0 radical (unpaired) electrons. The third-order valence-corrected chi connectivity index (χ3v) is 11.0. The van der Waals surface area contributed by atoms with Gasteiger partial charge in [-0.05, 0) is 59.2 Å². The number of hydrogen-bond donors (Lipinski definition) is 0. The molecule has 6 nitrogen and oxygen atoms in total. The monoisotopic (exact) mass is 728 g/mol. The van der Waals surface area contributed by atoms with E-state index in [9.17, 15) is 30.0 Å². The molecule has 0 N–H and O–H groups in total. The molecule has 0 amide bonds. The summed E-state index contributed by atoms with van der Waals surface area (Å²) >= 11 is 6.70. The van der Waals surface area contributed by atoms with Gasteiger partial charge in [-0.15, -0.1) is 0 Å². The minimum Gasteiger partial charge on any atom is -0.368 e. The quantitative estimate of drug-likeness (QED) is 0.201. The number of alkyl halides is 5. The van der Waals surface area contributed by atoms with Crippen LogP contribution >= 0.6 is 42.5 Å². The third-order valence-electron chi connectivity index (χ3n) is 6.45. The summed E-state index contributed by atoms with van der Waals surface area (Å²) in [6.45, 7) is 0.0930. The van der Waals surface area contributed by atoms with Gasteiger partial charge in [-0.1, -0.05) is 56.1 Å². The van der Waals surface area contributed by atoms with Gasteiger partial charge in [0.05, 0.1) is 21.4 Å². The molecule has 0 saturated carbocycles. The Labute approximate surface area is 246 Å². The van der Waals surface area contributed by atoms with Gasteiger partial charge in [0.2, 0.25) is 10.0 Å². The van der Waals surface area contributed by atoms with Crippen LogP contribution in [-0.4, -0.2) is 40.8 Å². The summed E-state index contributed by atoms with van der Waals surface area (Å²) < 4.78 is 93.8. The maximum atomic E-state index is 14.0. The van der Waals surface area contributed by atoms with Crippen molar-refractivity contribution in [2.75, 3.05) is 24.5 Å². The number of sulfonamides is 1. The molecule has 210 valence electrons. The van der Waals surface area contributed by atoms with Crippen LogP contribution in [0.15, 0.2) is 76.5 Å². The van der Waals surface area contributed by atoms with Crippen LogP contribution in [0.3, 0.4) is 0 Å². The van der Waals surface area contributed by atoms with Gasteiger partial charge in [-0.3, -0.25) is 0 Å². The minimum absolute atomic E-state index is 0.0217. The first-order valence-corrected chi connectivity index (χ1v) is 17.5. The number of benzene rings is 3. The molecule has 1 aliphatic rings. The van der Waals surface area contributed by atoms with Crippen LogP contribution in [0.4, 0.5) is 18.9 Å². The smallest absolute Gasteiger partial charge is 0.368 e. The number of piperazine rings is 1. The molecule has 3 aromatic rings. The van der Waals surface area contributed by atoms with Gasteiger partial charge >= 0.3 is 6.18 Å². The van der Waals surface area contributed by atoms with Crippen LogP contribution in [-0.2, 0) is 35.9 Å². The summed E-state index contributed by atoms with van der Waals surface area (Å²) in [6, 6.07) is 14.4. The van der Waals surface area contributed by atoms with Crippen molar-refractivity contribution in [2.24, 2.45) is 0 Å². The van der Waals surface area contributed by atoms with Gasteiger partial charge in [0.25, 0.3) is 9.05 Å². The lowest BCUT2D eigenvalue weighted by molar-refractivity contribution is -0.137. The van der Waals surface area contributed by atoms with Crippen molar-refractivity contribution in [1.29, 1.82) is 0 Å². The van der Waals surface area contributed by atoms with Crippen LogP contribution in [0.5, 0.6) is 0 Å². The van der Waals surface area contributed by atoms with Gasteiger partial charge in [-0.25, -0.2) is 16.8 Å². The summed E-state index contributed by atoms with van der Waals surface area (Å²) in [5.74, 6) is 0. The Morgan fingerprint density at radius 2 is 1.56 bits per heavy atom. The fourth-order valence-corrected chi connectivity index (χ4v) is 8.27. The van der Waals surface area contributed by atoms with E-state index >= 15 is 0 Å². The van der Waals surface area contributed by atoms with E-state index in [0.717, 1.165) is 17.7 Å². The molecular formula is C25H22Br2ClF3N2O4S2. The van der Waals surface area contributed by atoms with Crippen molar-refractivity contribution in [3.05, 3.63) is 89.0 Å². The number of hydrogen-bond acceptors (Lipinski definition) is 5. The number of nitrogens with zero attached hydrogens (tertiary/aromatic N) is 2. The van der Waals surface area contributed by atoms with E-state index in [2.05, 4.69) is 31.9 Å². The first kappa shape index (κ1) is 30.3. The average Bonchev–Trinajstić information content (AvgIpc) is 2.91. The molecule has 0 bridgehead atoms. The molecule has 39 heavy (non-hydrogen) atoms. The van der Waals surface area contributed by atoms with Gasteiger partial charge < -0.3 is 4.90 Å². The summed E-state index contributed by atoms with van der Waals surface area (Å²) in [4.78, 5) is 1.55. The Morgan fingerprint density at radius 1 is 0.897 bits per heavy atom. The Morgan fingerprint density at radius 3 is 2.15 bits per heavy atom. The van der Waals surface area contributed by atoms with Crippen LogP contribution in [0.2, 0.25) is 0 Å². The van der Waals surface area contributed by atoms with Crippen molar-refractivity contribution in [2.45, 2.75) is 32.7 Å². The Hall–Kier alpha value is -1.64. The fraction of sp³-hybridized carbons (Fsp3) is 0.280. The molecule has 0 aliphatic carbocycles. The van der Waals surface area contributed by atoms with Gasteiger partial charge in [0, 0.05) is 46.7 Å². The van der Waals surface area contributed by atoms with E-state index in [1.165, 1.54) is 34.6 Å². The predicted octanol–water partition coefficient (Wildman–Crippen LogP) is 6.67. The highest BCUT2D eigenvalue weighted by Gasteiger charge is 2.40. The standard InChI is InChI=1S/C25H22Br2ClF3N2O4S2/c26-14-17-3-1-5-21(13-17)39(36,37)33-12-11-32(20-9-7-19(8-10-20)25(29,30)31)16-22(33)24-18(15-27)4-2-6-23(24)38(28,34)35/h1-10,13,22H,11-12,14-16H2. The molecule has 0 spiro atoms. The zero-order valence-corrected chi connectivity index (χ0v) is 25.6. The summed E-state index contributed by atoms with van der Waals surface area (Å²) in [7, 11) is -2.60. The van der Waals surface area contributed by atoms with Crippen LogP contribution in [0, 0.1) is 0 Å². The normalized spacial score (nSPS) is 17.4. The maximum absolute atomic E-state index is 14.0. The number of halogens is 6. The largest absolute Gasteiger partial charge is 0.416 e. The second-order valence-corrected chi connectivity index (χ2v) is 14.4. The van der Waals surface area contributed by atoms with E-state index in [-0.39, 0.29) is 40.3 Å². The number of anilines is 1. The van der Waals surface area contributed by atoms with Gasteiger partial charge in [-0.2, -0.15) is 17.5 Å². The molecule has 1 fully saturated rings. The lowest BCUT2D eigenvalue weighted by atomic mass is 9.98. The van der Waals surface area contributed by atoms with Crippen molar-refractivity contribution in [3.63, 3.8) is 0 Å². The molecule has 1 heterocycles. The summed E-state index contributed by atoms with van der Waals surface area (Å²) in [6.07, 6.45) is -4.50. The minimum atomic E-state index is -4.50. The van der Waals surface area contributed by atoms with E-state index in [4.69, 9.17) is 10.7 Å². The van der Waals surface area contributed by atoms with Crippen molar-refractivity contribution >= 4 is 67.3 Å². The van der Waals surface area contributed by atoms with E-state index in [1.807, 2.05) is 0 Å². The van der Waals surface area contributed by atoms with E-state index in [0.29, 0.717) is 16.6 Å². The lowest BCUT2D eigenvalue weighted by Crippen LogP contribution is -2.51. The van der Waals surface area contributed by atoms with E-state index < -0.39 is 36.9 Å². The van der Waals surface area contributed by atoms with Gasteiger partial charge in [0.15, 0.2) is 0 Å². The van der Waals surface area contributed by atoms with Crippen molar-refractivity contribution in [3.8, 4) is 0 Å². The van der Waals surface area contributed by atoms with Crippen molar-refractivity contribution in [1.82, 2.24) is 4.31 Å². The van der Waals surface area contributed by atoms with Crippen LogP contribution in [0.1, 0.15) is 28.3 Å². The first-order chi connectivity index (χ1) is 18.3. The SMILES string of the molecule is O=S(=O)(Cl)c1cccc(CBr)c1C1CN(c2ccc(C(F)(F)F)cc2)CCN1S(=O)(=O)c1cccc(CBr)c1. The average molecular weight is 731 g/mol. The predicted molar refractivity (Wildman–Crippen MR) is 151 cm³/mol. The highest BCUT2D eigenvalue weighted by Crippen LogP contribution is 2.40. The molecule has 1 atom stereocenters. The first-order valence-electron chi connectivity index (χ1n) is 11.5. The topological polar surface area (TPSA) is 74.8 Å². The van der Waals surface area contributed by atoms with Crippen LogP contribution < -0.4 is 4.90 Å². The zero-order valence-electron chi connectivity index (χ0n) is 20.1. The third kappa shape index (κ3) is 6.48. The highest BCUT2D eigenvalue weighted by atomic mass is 79.9. The molecule has 3 aromatic carbocycles. The van der Waals surface area contributed by atoms with Crippen LogP contribution in [0.25, 0.3) is 0 Å². The van der Waals surface area contributed by atoms with E-state index in [1.54, 1.807) is 29.2 Å². The zero-order chi connectivity index (χ0) is 28.6. The molecule has 4 rings (SSSR count). The molecule has 0 aromatic heterocycles.